The van der Waals surface area contributed by atoms with E-state index in [1.54, 1.807) is 16.8 Å². The molecule has 130 valence electrons. The Morgan fingerprint density at radius 3 is 2.80 bits per heavy atom. The quantitative estimate of drug-likeness (QED) is 0.749. The van der Waals surface area contributed by atoms with E-state index in [4.69, 9.17) is 0 Å². The number of aromatic nitrogens is 4. The predicted octanol–water partition coefficient (Wildman–Crippen LogP) is 2.54. The summed E-state index contributed by atoms with van der Waals surface area (Å²) in [7, 11) is 1.87. The third kappa shape index (κ3) is 3.60. The number of halogens is 1. The molecule has 0 aliphatic carbocycles. The number of H-pyrrole nitrogens is 1. The average molecular weight is 341 g/mol. The molecule has 0 aliphatic heterocycles. The Bertz CT molecular complexity index is 912. The first kappa shape index (κ1) is 16.9. The van der Waals surface area contributed by atoms with Gasteiger partial charge in [0.1, 0.15) is 11.5 Å². The summed E-state index contributed by atoms with van der Waals surface area (Å²) in [5, 5.41) is 14.2. The van der Waals surface area contributed by atoms with Gasteiger partial charge in [0.15, 0.2) is 0 Å². The summed E-state index contributed by atoms with van der Waals surface area (Å²) in [6, 6.07) is 8.07. The second-order valence-electron chi connectivity index (χ2n) is 5.97. The predicted molar refractivity (Wildman–Crippen MR) is 92.7 cm³/mol. The lowest BCUT2D eigenvalue weighted by Gasteiger charge is -2.04. The van der Waals surface area contributed by atoms with Gasteiger partial charge < -0.3 is 5.32 Å². The standard InChI is InChI=1S/C18H20FN5O/c1-11-17(12(2)24(3)23-11)15-10-16(22-21-15)18(25)20-8-7-13-5-4-6-14(19)9-13/h4-6,9-10H,7-8H2,1-3H3,(H,20,25)(H,21,22). The summed E-state index contributed by atoms with van der Waals surface area (Å²) < 4.78 is 14.9. The maximum absolute atomic E-state index is 13.1. The molecular formula is C18H20FN5O. The van der Waals surface area contributed by atoms with Crippen LogP contribution < -0.4 is 5.32 Å². The molecule has 7 heteroatoms. The number of hydrogen-bond acceptors (Lipinski definition) is 3. The molecule has 1 amide bonds. The van der Waals surface area contributed by atoms with Crippen molar-refractivity contribution in [2.45, 2.75) is 20.3 Å². The summed E-state index contributed by atoms with van der Waals surface area (Å²) in [5.41, 5.74) is 4.70. The van der Waals surface area contributed by atoms with Crippen LogP contribution >= 0.6 is 0 Å². The summed E-state index contributed by atoms with van der Waals surface area (Å²) in [6.07, 6.45) is 0.561. The van der Waals surface area contributed by atoms with Gasteiger partial charge in [-0.2, -0.15) is 10.2 Å². The molecule has 0 spiro atoms. The molecule has 0 aliphatic rings. The van der Waals surface area contributed by atoms with Crippen molar-refractivity contribution in [2.24, 2.45) is 7.05 Å². The maximum atomic E-state index is 13.1. The Balaban J connectivity index is 1.65. The highest BCUT2D eigenvalue weighted by Gasteiger charge is 2.17. The minimum Gasteiger partial charge on any atom is -0.350 e. The number of hydrogen-bond donors (Lipinski definition) is 2. The van der Waals surface area contributed by atoms with Crippen molar-refractivity contribution in [1.82, 2.24) is 25.3 Å². The van der Waals surface area contributed by atoms with Crippen molar-refractivity contribution in [3.63, 3.8) is 0 Å². The number of nitrogens with one attached hydrogen (secondary N) is 2. The molecular weight excluding hydrogens is 321 g/mol. The molecule has 0 fully saturated rings. The lowest BCUT2D eigenvalue weighted by Crippen LogP contribution is -2.26. The zero-order chi connectivity index (χ0) is 18.0. The number of aromatic amines is 1. The van der Waals surface area contributed by atoms with Crippen LogP contribution in [0.15, 0.2) is 30.3 Å². The van der Waals surface area contributed by atoms with Gasteiger partial charge in [0.25, 0.3) is 5.91 Å². The summed E-state index contributed by atoms with van der Waals surface area (Å²) in [4.78, 5) is 12.2. The molecule has 3 rings (SSSR count). The van der Waals surface area contributed by atoms with E-state index in [2.05, 4.69) is 20.6 Å². The smallest absolute Gasteiger partial charge is 0.269 e. The maximum Gasteiger partial charge on any atom is 0.269 e. The monoisotopic (exact) mass is 341 g/mol. The van der Waals surface area contributed by atoms with Crippen LogP contribution in [-0.4, -0.2) is 32.4 Å². The van der Waals surface area contributed by atoms with Crippen LogP contribution in [0.3, 0.4) is 0 Å². The highest BCUT2D eigenvalue weighted by molar-refractivity contribution is 5.93. The molecule has 6 nitrogen and oxygen atoms in total. The summed E-state index contributed by atoms with van der Waals surface area (Å²) in [6.45, 7) is 4.29. The topological polar surface area (TPSA) is 75.6 Å². The van der Waals surface area contributed by atoms with Crippen molar-refractivity contribution >= 4 is 5.91 Å². The van der Waals surface area contributed by atoms with E-state index in [1.807, 2.05) is 27.0 Å². The first-order valence-corrected chi connectivity index (χ1v) is 8.04. The second-order valence-corrected chi connectivity index (χ2v) is 5.97. The van der Waals surface area contributed by atoms with Crippen molar-refractivity contribution in [3.8, 4) is 11.3 Å². The van der Waals surface area contributed by atoms with Crippen LogP contribution in [0, 0.1) is 19.7 Å². The second kappa shape index (κ2) is 6.88. The molecule has 3 aromatic rings. The Hall–Kier alpha value is -2.96. The minimum absolute atomic E-state index is 0.241. The van der Waals surface area contributed by atoms with Crippen LogP contribution in [0.1, 0.15) is 27.4 Å². The number of nitrogens with zero attached hydrogens (tertiary/aromatic N) is 3. The van der Waals surface area contributed by atoms with Crippen LogP contribution in [0.2, 0.25) is 0 Å². The Labute approximate surface area is 145 Å². The first-order valence-electron chi connectivity index (χ1n) is 8.04. The van der Waals surface area contributed by atoms with Crippen LogP contribution in [0.25, 0.3) is 11.3 Å². The molecule has 2 N–H and O–H groups in total. The third-order valence-corrected chi connectivity index (χ3v) is 4.18. The lowest BCUT2D eigenvalue weighted by atomic mass is 10.1. The molecule has 0 radical (unpaired) electrons. The van der Waals surface area contributed by atoms with E-state index in [1.165, 1.54) is 12.1 Å². The average Bonchev–Trinajstić information content (AvgIpc) is 3.13. The van der Waals surface area contributed by atoms with E-state index < -0.39 is 0 Å². The van der Waals surface area contributed by atoms with Gasteiger partial charge in [0.05, 0.1) is 11.4 Å². The third-order valence-electron chi connectivity index (χ3n) is 4.18. The number of amides is 1. The van der Waals surface area contributed by atoms with E-state index in [0.717, 1.165) is 22.5 Å². The number of rotatable bonds is 5. The number of benzene rings is 1. The molecule has 2 heterocycles. The first-order chi connectivity index (χ1) is 12.0. The van der Waals surface area contributed by atoms with E-state index >= 15 is 0 Å². The molecule has 1 aromatic carbocycles. The zero-order valence-electron chi connectivity index (χ0n) is 14.4. The molecule has 0 unspecified atom stereocenters. The Morgan fingerprint density at radius 2 is 2.12 bits per heavy atom. The Morgan fingerprint density at radius 1 is 1.32 bits per heavy atom. The number of carbonyl (C=O) groups excluding carboxylic acids is 1. The molecule has 0 atom stereocenters. The van der Waals surface area contributed by atoms with Gasteiger partial charge in [0, 0.05) is 24.8 Å². The molecule has 25 heavy (non-hydrogen) atoms. The van der Waals surface area contributed by atoms with Crippen molar-refractivity contribution in [3.05, 3.63) is 58.8 Å². The van der Waals surface area contributed by atoms with Crippen LogP contribution in [-0.2, 0) is 13.5 Å². The van der Waals surface area contributed by atoms with Crippen molar-refractivity contribution in [1.29, 1.82) is 0 Å². The van der Waals surface area contributed by atoms with Gasteiger partial charge in [-0.15, -0.1) is 0 Å². The fourth-order valence-corrected chi connectivity index (χ4v) is 2.82. The van der Waals surface area contributed by atoms with E-state index in [0.29, 0.717) is 24.4 Å². The van der Waals surface area contributed by atoms with Gasteiger partial charge in [0.2, 0.25) is 0 Å². The molecule has 2 aromatic heterocycles. The minimum atomic E-state index is -0.274. The highest BCUT2D eigenvalue weighted by atomic mass is 19.1. The van der Waals surface area contributed by atoms with Crippen LogP contribution in [0.4, 0.5) is 4.39 Å². The SMILES string of the molecule is Cc1nn(C)c(C)c1-c1cc(C(=O)NCCc2cccc(F)c2)[nH]n1. The van der Waals surface area contributed by atoms with Gasteiger partial charge in [-0.1, -0.05) is 12.1 Å². The van der Waals surface area contributed by atoms with Gasteiger partial charge in [-0.25, -0.2) is 4.39 Å². The molecule has 0 bridgehead atoms. The normalized spacial score (nSPS) is 10.9. The van der Waals surface area contributed by atoms with E-state index in [9.17, 15) is 9.18 Å². The van der Waals surface area contributed by atoms with Crippen molar-refractivity contribution in [2.75, 3.05) is 6.54 Å². The highest BCUT2D eigenvalue weighted by Crippen LogP contribution is 2.25. The van der Waals surface area contributed by atoms with Crippen LogP contribution in [0.5, 0.6) is 0 Å². The fourth-order valence-electron chi connectivity index (χ4n) is 2.82. The molecule has 0 saturated carbocycles. The van der Waals surface area contributed by atoms with Gasteiger partial charge >= 0.3 is 0 Å². The summed E-state index contributed by atoms with van der Waals surface area (Å²) in [5.74, 6) is -0.515. The zero-order valence-corrected chi connectivity index (χ0v) is 14.4. The summed E-state index contributed by atoms with van der Waals surface area (Å²) >= 11 is 0. The van der Waals surface area contributed by atoms with E-state index in [-0.39, 0.29) is 11.7 Å². The lowest BCUT2D eigenvalue weighted by molar-refractivity contribution is 0.0949. The fraction of sp³-hybridized carbons (Fsp3) is 0.278. The van der Waals surface area contributed by atoms with Gasteiger partial charge in [-0.3, -0.25) is 14.6 Å². The van der Waals surface area contributed by atoms with Gasteiger partial charge in [-0.05, 0) is 44.0 Å². The number of carbonyl (C=O) groups is 1. The van der Waals surface area contributed by atoms with Crippen molar-refractivity contribution < 1.29 is 9.18 Å². The molecule has 0 saturated heterocycles. The number of aryl methyl sites for hydroxylation is 2. The largest absolute Gasteiger partial charge is 0.350 e. The Kier molecular flexibility index (Phi) is 4.65.